The van der Waals surface area contributed by atoms with Gasteiger partial charge in [0.25, 0.3) is 0 Å². The summed E-state index contributed by atoms with van der Waals surface area (Å²) in [6, 6.07) is 18.8. The maximum Gasteiger partial charge on any atom is 0.145 e. The molecule has 1 aliphatic heterocycles. The van der Waals surface area contributed by atoms with Crippen LogP contribution in [0.15, 0.2) is 125 Å². The minimum Gasteiger partial charge on any atom is -0.396 e. The molecule has 0 radical (unpaired) electrons. The van der Waals surface area contributed by atoms with E-state index in [-0.39, 0.29) is 35.8 Å². The molecule has 0 amide bonds. The lowest BCUT2D eigenvalue weighted by Gasteiger charge is -2.61. The SMILES string of the molecule is C=C(/C=C/C=C(/[C@H](O)CCc1ccccc1)[C@@H]1CC[C@]2([C@@H]1O)[C@@H]1C(=C(C)C=O)[C@@H](C=C[C@H]1CCO)C[C@]2(O)CCNC)[C@H]1C/C=C(\C)[C@@H](O)N[C@@](C)(CCOC)Cc2cccc(c2)C1. The number of benzene rings is 2. The van der Waals surface area contributed by atoms with Crippen LogP contribution in [-0.4, -0.2) is 95.3 Å². The molecule has 9 heteroatoms. The van der Waals surface area contributed by atoms with E-state index in [0.29, 0.717) is 70.1 Å². The van der Waals surface area contributed by atoms with Gasteiger partial charge in [-0.2, -0.15) is 0 Å². The molecule has 1 heterocycles. The third-order valence-electron chi connectivity index (χ3n) is 15.4. The molecule has 2 aromatic carbocycles. The summed E-state index contributed by atoms with van der Waals surface area (Å²) < 4.78 is 5.44. The van der Waals surface area contributed by atoms with Crippen molar-refractivity contribution in [3.63, 3.8) is 0 Å². The Morgan fingerprint density at radius 3 is 2.58 bits per heavy atom. The number of carbonyl (C=O) groups excluding carboxylic acids is 1. The maximum atomic E-state index is 13.1. The van der Waals surface area contributed by atoms with Crippen LogP contribution in [-0.2, 0) is 28.8 Å². The number of aldehydes is 1. The second-order valence-corrected chi connectivity index (χ2v) is 19.7. The molecule has 2 fully saturated rings. The summed E-state index contributed by atoms with van der Waals surface area (Å²) in [5.41, 5.74) is 4.90. The topological polar surface area (TPSA) is 152 Å². The van der Waals surface area contributed by atoms with Crippen molar-refractivity contribution in [3.05, 3.63) is 142 Å². The lowest BCUT2D eigenvalue weighted by Crippen LogP contribution is -2.65. The molecule has 1 spiro atoms. The molecule has 7 N–H and O–H groups in total. The van der Waals surface area contributed by atoms with Crippen molar-refractivity contribution in [2.75, 3.05) is 33.9 Å². The average Bonchev–Trinajstić information content (AvgIpc) is 3.63. The molecule has 64 heavy (non-hydrogen) atoms. The van der Waals surface area contributed by atoms with Gasteiger partial charge in [-0.1, -0.05) is 109 Å². The molecule has 4 bridgehead atoms. The van der Waals surface area contributed by atoms with Crippen molar-refractivity contribution in [1.82, 2.24) is 10.6 Å². The summed E-state index contributed by atoms with van der Waals surface area (Å²) in [4.78, 5) is 12.5. The predicted molar refractivity (Wildman–Crippen MR) is 256 cm³/mol. The zero-order chi connectivity index (χ0) is 46.1. The highest BCUT2D eigenvalue weighted by atomic mass is 16.5. The molecule has 0 unspecified atom stereocenters. The van der Waals surface area contributed by atoms with E-state index in [2.05, 4.69) is 78.8 Å². The third kappa shape index (κ3) is 10.9. The van der Waals surface area contributed by atoms with E-state index in [0.717, 1.165) is 53.4 Å². The maximum absolute atomic E-state index is 13.1. The fraction of sp³-hybridized carbons (Fsp3) is 0.545. The minimum absolute atomic E-state index is 0.0274. The highest BCUT2D eigenvalue weighted by molar-refractivity contribution is 5.74. The van der Waals surface area contributed by atoms with Crippen LogP contribution in [0, 0.1) is 35.0 Å². The van der Waals surface area contributed by atoms with Crippen molar-refractivity contribution in [1.29, 1.82) is 0 Å². The fourth-order valence-corrected chi connectivity index (χ4v) is 12.0. The number of fused-ring (bicyclic) bond motifs is 5. The standard InChI is InChI=1S/C55H76N2O7/c1-37(44-20-18-38(2)52(62)57-53(4,28-31-64-6)34-42-16-11-15-41(32-42)33-44)12-10-17-46(48(60)23-19-40-13-8-7-9-14-40)47-24-26-55(51(47)61)50-43(25-30-58)21-22-45(49(50)39(3)36-59)35-54(55,63)27-29-56-5/h7-18,21-22,32,36,43-45,47-48,50-52,56-58,60-63H,1,19-20,23-31,33-35H2,2-6H3/b12-10+,38-18+,46-17+,49-39?/t43-,44-,45-,47-,48+,50-,51+,52+,53-,54+,55+/m0/s1. The van der Waals surface area contributed by atoms with Crippen LogP contribution >= 0.6 is 0 Å². The van der Waals surface area contributed by atoms with Gasteiger partial charge >= 0.3 is 0 Å². The number of nitrogens with one attached hydrogen (secondary N) is 2. The Bertz CT molecular complexity index is 2060. The summed E-state index contributed by atoms with van der Waals surface area (Å²) in [7, 11) is 3.57. The Kier molecular flexibility index (Phi) is 17.2. The van der Waals surface area contributed by atoms with Crippen molar-refractivity contribution >= 4 is 6.29 Å². The second-order valence-electron chi connectivity index (χ2n) is 19.7. The van der Waals surface area contributed by atoms with Gasteiger partial charge in [0.2, 0.25) is 0 Å². The van der Waals surface area contributed by atoms with Crippen molar-refractivity contribution in [2.24, 2.45) is 35.0 Å². The molecule has 348 valence electrons. The quantitative estimate of drug-likeness (QED) is 0.0376. The number of aryl methyl sites for hydroxylation is 1. The van der Waals surface area contributed by atoms with Crippen molar-refractivity contribution in [2.45, 2.75) is 121 Å². The van der Waals surface area contributed by atoms with Crippen LogP contribution in [0.1, 0.15) is 88.8 Å². The van der Waals surface area contributed by atoms with E-state index < -0.39 is 35.4 Å². The van der Waals surface area contributed by atoms with E-state index in [9.17, 15) is 30.3 Å². The molecule has 2 aromatic rings. The molecule has 3 aliphatic carbocycles. The number of carbonyl (C=O) groups is 1. The number of ether oxygens (including phenoxy) is 1. The van der Waals surface area contributed by atoms with Gasteiger partial charge in [-0.05, 0) is 156 Å². The molecule has 4 aliphatic rings. The second kappa shape index (κ2) is 22.1. The van der Waals surface area contributed by atoms with E-state index >= 15 is 0 Å². The Labute approximate surface area is 382 Å². The van der Waals surface area contributed by atoms with E-state index in [1.165, 1.54) is 11.1 Å². The summed E-state index contributed by atoms with van der Waals surface area (Å²) in [6.07, 6.45) is 16.7. The molecule has 6 rings (SSSR count). The Morgan fingerprint density at radius 1 is 1.09 bits per heavy atom. The first-order chi connectivity index (χ1) is 30.7. The number of hydrogen-bond donors (Lipinski definition) is 7. The summed E-state index contributed by atoms with van der Waals surface area (Å²) >= 11 is 0. The van der Waals surface area contributed by atoms with Gasteiger partial charge in [-0.15, -0.1) is 0 Å². The Morgan fingerprint density at radius 2 is 1.86 bits per heavy atom. The normalized spacial score (nSPS) is 34.2. The van der Waals surface area contributed by atoms with Crippen LogP contribution in [0.3, 0.4) is 0 Å². The summed E-state index contributed by atoms with van der Waals surface area (Å²) in [5.74, 6) is -1.14. The first-order valence-electron chi connectivity index (χ1n) is 23.7. The van der Waals surface area contributed by atoms with Gasteiger partial charge in [0.05, 0.1) is 17.8 Å². The molecular formula is C55H76N2O7. The van der Waals surface area contributed by atoms with Crippen LogP contribution in [0.25, 0.3) is 0 Å². The number of allylic oxidation sites excluding steroid dienone is 9. The molecule has 0 aromatic heterocycles. The molecule has 0 saturated heterocycles. The molecule has 11 atom stereocenters. The largest absolute Gasteiger partial charge is 0.396 e. The van der Waals surface area contributed by atoms with Crippen LogP contribution in [0.4, 0.5) is 0 Å². The zero-order valence-electron chi connectivity index (χ0n) is 39.0. The van der Waals surface area contributed by atoms with Crippen LogP contribution in [0.2, 0.25) is 0 Å². The van der Waals surface area contributed by atoms with Crippen LogP contribution < -0.4 is 10.6 Å². The van der Waals surface area contributed by atoms with E-state index in [1.807, 2.05) is 57.3 Å². The first kappa shape index (κ1) is 49.7. The average molecular weight is 877 g/mol. The monoisotopic (exact) mass is 877 g/mol. The number of hydrogen-bond acceptors (Lipinski definition) is 9. The highest BCUT2D eigenvalue weighted by Gasteiger charge is 2.68. The summed E-state index contributed by atoms with van der Waals surface area (Å²) in [5, 5.41) is 66.8. The predicted octanol–water partition coefficient (Wildman–Crippen LogP) is 7.29. The number of methoxy groups -OCH3 is 1. The van der Waals surface area contributed by atoms with E-state index in [1.54, 1.807) is 7.11 Å². The first-order valence-corrected chi connectivity index (χ1v) is 23.7. The van der Waals surface area contributed by atoms with Crippen molar-refractivity contribution in [3.8, 4) is 0 Å². The van der Waals surface area contributed by atoms with Gasteiger partial charge in [-0.25, -0.2) is 0 Å². The molecule has 9 nitrogen and oxygen atoms in total. The van der Waals surface area contributed by atoms with Gasteiger partial charge in [0, 0.05) is 43.1 Å². The molecule has 2 saturated carbocycles. The number of aliphatic hydroxyl groups excluding tert-OH is 4. The lowest BCUT2D eigenvalue weighted by molar-refractivity contribution is -0.194. The van der Waals surface area contributed by atoms with Gasteiger partial charge in [0.15, 0.2) is 0 Å². The van der Waals surface area contributed by atoms with Gasteiger partial charge in [-0.3, -0.25) is 10.1 Å². The number of rotatable bonds is 17. The molecular weight excluding hydrogens is 801 g/mol. The fourth-order valence-electron chi connectivity index (χ4n) is 12.0. The lowest BCUT2D eigenvalue weighted by atomic mass is 9.45. The zero-order valence-corrected chi connectivity index (χ0v) is 39.0. The van der Waals surface area contributed by atoms with E-state index in [4.69, 9.17) is 4.74 Å². The third-order valence-corrected chi connectivity index (χ3v) is 15.4. The van der Waals surface area contributed by atoms with Gasteiger partial charge in [0.1, 0.15) is 12.5 Å². The minimum atomic E-state index is -1.28. The Hall–Kier alpha value is -3.77. The summed E-state index contributed by atoms with van der Waals surface area (Å²) in [6.45, 7) is 11.6. The van der Waals surface area contributed by atoms with Crippen molar-refractivity contribution < 1.29 is 35.1 Å². The smallest absolute Gasteiger partial charge is 0.145 e. The van der Waals surface area contributed by atoms with Crippen LogP contribution in [0.5, 0.6) is 0 Å². The Balaban J connectivity index is 1.36. The number of aliphatic hydroxyl groups is 5. The van der Waals surface area contributed by atoms with Gasteiger partial charge < -0.3 is 35.6 Å². The highest BCUT2D eigenvalue weighted by Crippen LogP contribution is 2.67.